The van der Waals surface area contributed by atoms with Gasteiger partial charge in [-0.1, -0.05) is 33.1 Å². The molecule has 1 heteroatoms. The average Bonchev–Trinajstić information content (AvgIpc) is 2.04. The Morgan fingerprint density at radius 1 is 1.18 bits per heavy atom. The van der Waals surface area contributed by atoms with Gasteiger partial charge in [0.2, 0.25) is 0 Å². The van der Waals surface area contributed by atoms with Gasteiger partial charge in [0, 0.05) is 5.38 Å². The maximum atomic E-state index is 6.26. The monoisotopic (exact) mass is 174 g/mol. The van der Waals surface area contributed by atoms with Crippen LogP contribution in [0.2, 0.25) is 0 Å². The molecule has 11 heavy (non-hydrogen) atoms. The van der Waals surface area contributed by atoms with Crippen LogP contribution in [-0.2, 0) is 0 Å². The van der Waals surface area contributed by atoms with Crippen molar-refractivity contribution in [3.8, 4) is 0 Å². The molecule has 66 valence electrons. The van der Waals surface area contributed by atoms with Crippen LogP contribution in [0.4, 0.5) is 0 Å². The molecule has 0 amide bonds. The van der Waals surface area contributed by atoms with E-state index in [4.69, 9.17) is 11.6 Å². The molecule has 1 saturated carbocycles. The van der Waals surface area contributed by atoms with Crippen LogP contribution in [0.5, 0.6) is 0 Å². The molecule has 0 spiro atoms. The van der Waals surface area contributed by atoms with Crippen molar-refractivity contribution in [2.45, 2.75) is 51.3 Å². The van der Waals surface area contributed by atoms with Gasteiger partial charge in [-0.15, -0.1) is 11.6 Å². The Balaban J connectivity index is 2.34. The minimum atomic E-state index is 0.471. The first-order valence-electron chi connectivity index (χ1n) is 4.92. The summed E-state index contributed by atoms with van der Waals surface area (Å²) in [7, 11) is 0. The molecule has 0 N–H and O–H groups in total. The Hall–Kier alpha value is 0.290. The Labute approximate surface area is 75.3 Å². The average molecular weight is 175 g/mol. The molecule has 0 aromatic carbocycles. The lowest BCUT2D eigenvalue weighted by Crippen LogP contribution is -2.24. The predicted molar refractivity (Wildman–Crippen MR) is 51.1 cm³/mol. The first-order chi connectivity index (χ1) is 5.27. The Kier molecular flexibility index (Phi) is 3.71. The third-order valence-corrected chi connectivity index (χ3v) is 3.65. The summed E-state index contributed by atoms with van der Waals surface area (Å²) in [6.45, 7) is 4.53. The second-order valence-corrected chi connectivity index (χ2v) is 4.33. The van der Waals surface area contributed by atoms with Gasteiger partial charge >= 0.3 is 0 Å². The van der Waals surface area contributed by atoms with Crippen molar-refractivity contribution >= 4 is 11.6 Å². The van der Waals surface area contributed by atoms with E-state index in [1.165, 1.54) is 32.1 Å². The molecule has 0 aliphatic heterocycles. The second kappa shape index (κ2) is 4.35. The molecule has 0 aromatic rings. The molecule has 0 saturated heterocycles. The molecular formula is C10H19Cl. The molecule has 1 aliphatic rings. The fraction of sp³-hybridized carbons (Fsp3) is 1.00. The molecule has 0 nitrogen and oxygen atoms in total. The van der Waals surface area contributed by atoms with Crippen LogP contribution in [0.15, 0.2) is 0 Å². The van der Waals surface area contributed by atoms with E-state index < -0.39 is 0 Å². The van der Waals surface area contributed by atoms with E-state index in [1.807, 2.05) is 0 Å². The zero-order valence-corrected chi connectivity index (χ0v) is 8.40. The molecule has 0 radical (unpaired) electrons. The van der Waals surface area contributed by atoms with Crippen molar-refractivity contribution in [3.05, 3.63) is 0 Å². The van der Waals surface area contributed by atoms with Gasteiger partial charge < -0.3 is 0 Å². The molecule has 1 fully saturated rings. The first-order valence-corrected chi connectivity index (χ1v) is 5.35. The van der Waals surface area contributed by atoms with Crippen LogP contribution in [-0.4, -0.2) is 5.38 Å². The van der Waals surface area contributed by atoms with Crippen LogP contribution in [0.3, 0.4) is 0 Å². The van der Waals surface area contributed by atoms with Gasteiger partial charge in [0.15, 0.2) is 0 Å². The number of halogens is 1. The highest BCUT2D eigenvalue weighted by molar-refractivity contribution is 6.20. The summed E-state index contributed by atoms with van der Waals surface area (Å²) in [5.41, 5.74) is 0. The maximum Gasteiger partial charge on any atom is 0.0366 e. The highest BCUT2D eigenvalue weighted by Gasteiger charge is 2.26. The van der Waals surface area contributed by atoms with Crippen molar-refractivity contribution in [1.29, 1.82) is 0 Å². The Bertz CT molecular complexity index is 111. The molecule has 0 bridgehead atoms. The molecule has 3 atom stereocenters. The minimum Gasteiger partial charge on any atom is -0.123 e. The van der Waals surface area contributed by atoms with Gasteiger partial charge in [0.05, 0.1) is 0 Å². The van der Waals surface area contributed by atoms with E-state index in [-0.39, 0.29) is 0 Å². The Morgan fingerprint density at radius 2 is 1.91 bits per heavy atom. The fourth-order valence-electron chi connectivity index (χ4n) is 2.09. The van der Waals surface area contributed by atoms with E-state index in [2.05, 4.69) is 13.8 Å². The van der Waals surface area contributed by atoms with Crippen LogP contribution >= 0.6 is 11.6 Å². The van der Waals surface area contributed by atoms with E-state index in [1.54, 1.807) is 0 Å². The molecule has 0 heterocycles. The molecule has 1 aliphatic carbocycles. The lowest BCUT2D eigenvalue weighted by Gasteiger charge is -2.31. The van der Waals surface area contributed by atoms with Crippen molar-refractivity contribution in [1.82, 2.24) is 0 Å². The molecule has 2 unspecified atom stereocenters. The normalized spacial score (nSPS) is 39.0. The van der Waals surface area contributed by atoms with Crippen molar-refractivity contribution in [2.24, 2.45) is 11.8 Å². The third-order valence-electron chi connectivity index (χ3n) is 3.12. The predicted octanol–water partition coefficient (Wildman–Crippen LogP) is 3.83. The highest BCUT2D eigenvalue weighted by atomic mass is 35.5. The van der Waals surface area contributed by atoms with Crippen molar-refractivity contribution in [2.75, 3.05) is 0 Å². The SMILES string of the molecule is CCC1CCC(CC)[C@H](Cl)C1. The van der Waals surface area contributed by atoms with Gasteiger partial charge in [-0.25, -0.2) is 0 Å². The van der Waals surface area contributed by atoms with E-state index in [0.29, 0.717) is 5.38 Å². The standard InChI is InChI=1S/C10H19Cl/c1-3-8-5-6-9(4-2)10(11)7-8/h8-10H,3-7H2,1-2H3/t8?,9?,10-/m1/s1. The van der Waals surface area contributed by atoms with E-state index in [9.17, 15) is 0 Å². The summed E-state index contributed by atoms with van der Waals surface area (Å²) < 4.78 is 0. The summed E-state index contributed by atoms with van der Waals surface area (Å²) in [5.74, 6) is 1.72. The quantitative estimate of drug-likeness (QED) is 0.559. The summed E-state index contributed by atoms with van der Waals surface area (Å²) in [6, 6.07) is 0. The lowest BCUT2D eigenvalue weighted by atomic mass is 9.79. The van der Waals surface area contributed by atoms with Crippen LogP contribution in [0.1, 0.15) is 46.0 Å². The zero-order chi connectivity index (χ0) is 8.27. The topological polar surface area (TPSA) is 0 Å². The smallest absolute Gasteiger partial charge is 0.0366 e. The van der Waals surface area contributed by atoms with Gasteiger partial charge in [0.1, 0.15) is 0 Å². The maximum absolute atomic E-state index is 6.26. The fourth-order valence-corrected chi connectivity index (χ4v) is 2.65. The summed E-state index contributed by atoms with van der Waals surface area (Å²) >= 11 is 6.26. The van der Waals surface area contributed by atoms with Gasteiger partial charge in [-0.3, -0.25) is 0 Å². The zero-order valence-electron chi connectivity index (χ0n) is 7.65. The van der Waals surface area contributed by atoms with E-state index >= 15 is 0 Å². The number of hydrogen-bond acceptors (Lipinski definition) is 0. The number of rotatable bonds is 2. The minimum absolute atomic E-state index is 0.471. The largest absolute Gasteiger partial charge is 0.123 e. The summed E-state index contributed by atoms with van der Waals surface area (Å²) in [4.78, 5) is 0. The lowest BCUT2D eigenvalue weighted by molar-refractivity contribution is 0.270. The second-order valence-electron chi connectivity index (χ2n) is 3.77. The number of alkyl halides is 1. The highest BCUT2D eigenvalue weighted by Crippen LogP contribution is 2.35. The Morgan fingerprint density at radius 3 is 2.36 bits per heavy atom. The van der Waals surface area contributed by atoms with Gasteiger partial charge in [-0.05, 0) is 24.7 Å². The van der Waals surface area contributed by atoms with Gasteiger partial charge in [-0.2, -0.15) is 0 Å². The molecule has 0 aromatic heterocycles. The molecule has 1 rings (SSSR count). The van der Waals surface area contributed by atoms with Crippen molar-refractivity contribution < 1.29 is 0 Å². The summed E-state index contributed by atoms with van der Waals surface area (Å²) in [6.07, 6.45) is 6.63. The molecular weight excluding hydrogens is 156 g/mol. The number of hydrogen-bond donors (Lipinski definition) is 0. The van der Waals surface area contributed by atoms with Crippen LogP contribution in [0.25, 0.3) is 0 Å². The van der Waals surface area contributed by atoms with Gasteiger partial charge in [0.25, 0.3) is 0 Å². The summed E-state index contributed by atoms with van der Waals surface area (Å²) in [5, 5.41) is 0.471. The van der Waals surface area contributed by atoms with Crippen LogP contribution < -0.4 is 0 Å². The van der Waals surface area contributed by atoms with Crippen LogP contribution in [0, 0.1) is 11.8 Å². The third kappa shape index (κ3) is 2.37. The first kappa shape index (κ1) is 9.38. The van der Waals surface area contributed by atoms with Crippen molar-refractivity contribution in [3.63, 3.8) is 0 Å². The van der Waals surface area contributed by atoms with E-state index in [0.717, 1.165) is 11.8 Å².